The molecule has 8 heavy (non-hydrogen) atoms. The van der Waals surface area contributed by atoms with E-state index < -0.39 is 0 Å². The Morgan fingerprint density at radius 3 is 2.00 bits per heavy atom. The Kier molecular flexibility index (Phi) is 3.88. The van der Waals surface area contributed by atoms with E-state index in [-0.39, 0.29) is 6.10 Å². The van der Waals surface area contributed by atoms with Crippen LogP contribution in [0.25, 0.3) is 0 Å². The lowest BCUT2D eigenvalue weighted by atomic mass is 10.0. The SMILES string of the molecule is CCC(C)C[C@H](C)O. The molecule has 0 saturated heterocycles. The molecule has 0 aliphatic heterocycles. The van der Waals surface area contributed by atoms with E-state index in [1.807, 2.05) is 6.92 Å². The Labute approximate surface area is 51.7 Å². The first kappa shape index (κ1) is 7.96. The number of aliphatic hydroxyl groups excluding tert-OH is 1. The molecule has 1 nitrogen and oxygen atoms in total. The van der Waals surface area contributed by atoms with Gasteiger partial charge in [0.1, 0.15) is 0 Å². The lowest BCUT2D eigenvalue weighted by Crippen LogP contribution is -2.05. The van der Waals surface area contributed by atoms with Gasteiger partial charge in [-0.25, -0.2) is 0 Å². The highest BCUT2D eigenvalue weighted by atomic mass is 16.3. The minimum Gasteiger partial charge on any atom is -0.393 e. The molecule has 0 heterocycles. The van der Waals surface area contributed by atoms with Gasteiger partial charge in [-0.2, -0.15) is 0 Å². The highest BCUT2D eigenvalue weighted by molar-refractivity contribution is 4.53. The van der Waals surface area contributed by atoms with Crippen molar-refractivity contribution in [2.24, 2.45) is 5.92 Å². The molecule has 0 bridgehead atoms. The summed E-state index contributed by atoms with van der Waals surface area (Å²) in [6, 6.07) is 0. The van der Waals surface area contributed by atoms with Gasteiger partial charge >= 0.3 is 0 Å². The molecular weight excluding hydrogens is 100 g/mol. The van der Waals surface area contributed by atoms with Crippen LogP contribution in [0.4, 0.5) is 0 Å². The van der Waals surface area contributed by atoms with Gasteiger partial charge in [0.2, 0.25) is 0 Å². The number of aliphatic hydroxyl groups is 1. The molecule has 0 rings (SSSR count). The van der Waals surface area contributed by atoms with Crippen LogP contribution < -0.4 is 0 Å². The van der Waals surface area contributed by atoms with E-state index in [0.717, 1.165) is 6.42 Å². The van der Waals surface area contributed by atoms with Crippen molar-refractivity contribution in [1.29, 1.82) is 0 Å². The minimum absolute atomic E-state index is 0.120. The van der Waals surface area contributed by atoms with Gasteiger partial charge in [0.15, 0.2) is 0 Å². The fraction of sp³-hybridized carbons (Fsp3) is 1.00. The first-order valence-electron chi connectivity index (χ1n) is 3.34. The third kappa shape index (κ3) is 4.13. The van der Waals surface area contributed by atoms with Crippen LogP contribution in [-0.2, 0) is 0 Å². The van der Waals surface area contributed by atoms with Gasteiger partial charge in [-0.15, -0.1) is 0 Å². The highest BCUT2D eigenvalue weighted by Crippen LogP contribution is 2.08. The molecule has 0 saturated carbocycles. The summed E-state index contributed by atoms with van der Waals surface area (Å²) < 4.78 is 0. The van der Waals surface area contributed by atoms with Gasteiger partial charge in [0, 0.05) is 0 Å². The summed E-state index contributed by atoms with van der Waals surface area (Å²) in [6.07, 6.45) is 1.99. The van der Waals surface area contributed by atoms with Crippen molar-refractivity contribution in [1.82, 2.24) is 0 Å². The minimum atomic E-state index is -0.120. The summed E-state index contributed by atoms with van der Waals surface area (Å²) in [5.41, 5.74) is 0. The molecule has 0 aromatic carbocycles. The quantitative estimate of drug-likeness (QED) is 0.596. The van der Waals surface area contributed by atoms with Crippen molar-refractivity contribution >= 4 is 0 Å². The zero-order chi connectivity index (χ0) is 6.57. The van der Waals surface area contributed by atoms with Crippen LogP contribution in [-0.4, -0.2) is 11.2 Å². The van der Waals surface area contributed by atoms with Crippen molar-refractivity contribution in [3.63, 3.8) is 0 Å². The molecule has 0 aromatic heterocycles. The van der Waals surface area contributed by atoms with Crippen molar-refractivity contribution in [3.8, 4) is 0 Å². The lowest BCUT2D eigenvalue weighted by Gasteiger charge is -2.08. The average Bonchev–Trinajstić information content (AvgIpc) is 1.65. The van der Waals surface area contributed by atoms with Crippen LogP contribution in [0.3, 0.4) is 0 Å². The third-order valence-corrected chi connectivity index (χ3v) is 1.44. The van der Waals surface area contributed by atoms with Crippen LogP contribution in [0.15, 0.2) is 0 Å². The largest absolute Gasteiger partial charge is 0.393 e. The van der Waals surface area contributed by atoms with Gasteiger partial charge in [0.25, 0.3) is 0 Å². The van der Waals surface area contributed by atoms with Crippen molar-refractivity contribution in [3.05, 3.63) is 0 Å². The van der Waals surface area contributed by atoms with E-state index in [1.54, 1.807) is 0 Å². The summed E-state index contributed by atoms with van der Waals surface area (Å²) in [4.78, 5) is 0. The average molecular weight is 116 g/mol. The van der Waals surface area contributed by atoms with Crippen LogP contribution in [0, 0.1) is 5.92 Å². The standard InChI is InChI=1S/C7H16O/c1-4-6(2)5-7(3)8/h6-8H,4-5H2,1-3H3/t6?,7-/m0/s1. The van der Waals surface area contributed by atoms with Gasteiger partial charge < -0.3 is 5.11 Å². The molecule has 2 atom stereocenters. The second-order valence-electron chi connectivity index (χ2n) is 2.60. The second-order valence-corrected chi connectivity index (χ2v) is 2.60. The van der Waals surface area contributed by atoms with Crippen molar-refractivity contribution in [2.45, 2.75) is 39.7 Å². The summed E-state index contributed by atoms with van der Waals surface area (Å²) >= 11 is 0. The second kappa shape index (κ2) is 3.90. The van der Waals surface area contributed by atoms with E-state index >= 15 is 0 Å². The molecule has 0 aliphatic rings. The molecule has 1 heteroatoms. The van der Waals surface area contributed by atoms with Crippen LogP contribution in [0.5, 0.6) is 0 Å². The van der Waals surface area contributed by atoms with Gasteiger partial charge in [-0.3, -0.25) is 0 Å². The maximum absolute atomic E-state index is 8.85. The molecule has 50 valence electrons. The zero-order valence-electron chi connectivity index (χ0n) is 6.02. The van der Waals surface area contributed by atoms with Crippen LogP contribution in [0.2, 0.25) is 0 Å². The van der Waals surface area contributed by atoms with E-state index in [1.165, 1.54) is 6.42 Å². The fourth-order valence-corrected chi connectivity index (χ4v) is 0.749. The molecule has 0 aromatic rings. The van der Waals surface area contributed by atoms with Crippen LogP contribution in [0.1, 0.15) is 33.6 Å². The summed E-state index contributed by atoms with van der Waals surface area (Å²) in [6.45, 7) is 6.14. The topological polar surface area (TPSA) is 20.2 Å². The predicted octanol–water partition coefficient (Wildman–Crippen LogP) is 1.80. The number of rotatable bonds is 3. The number of hydrogen-bond acceptors (Lipinski definition) is 1. The van der Waals surface area contributed by atoms with E-state index in [4.69, 9.17) is 5.11 Å². The third-order valence-electron chi connectivity index (χ3n) is 1.44. The highest BCUT2D eigenvalue weighted by Gasteiger charge is 2.01. The Morgan fingerprint density at radius 2 is 1.88 bits per heavy atom. The Balaban J connectivity index is 3.10. The van der Waals surface area contributed by atoms with Crippen molar-refractivity contribution < 1.29 is 5.11 Å². The zero-order valence-corrected chi connectivity index (χ0v) is 6.02. The fourth-order valence-electron chi connectivity index (χ4n) is 0.749. The molecule has 0 spiro atoms. The monoisotopic (exact) mass is 116 g/mol. The summed E-state index contributed by atoms with van der Waals surface area (Å²) in [7, 11) is 0. The van der Waals surface area contributed by atoms with E-state index in [2.05, 4.69) is 13.8 Å². The van der Waals surface area contributed by atoms with Gasteiger partial charge in [-0.1, -0.05) is 20.3 Å². The molecule has 1 unspecified atom stereocenters. The molecule has 1 N–H and O–H groups in total. The Hall–Kier alpha value is -0.0400. The van der Waals surface area contributed by atoms with Crippen LogP contribution >= 0.6 is 0 Å². The predicted molar refractivity (Wildman–Crippen MR) is 35.8 cm³/mol. The summed E-state index contributed by atoms with van der Waals surface area (Å²) in [5, 5.41) is 8.85. The van der Waals surface area contributed by atoms with E-state index in [9.17, 15) is 0 Å². The number of hydrogen-bond donors (Lipinski definition) is 1. The first-order valence-corrected chi connectivity index (χ1v) is 3.34. The molecule has 0 fully saturated rings. The van der Waals surface area contributed by atoms with E-state index in [0.29, 0.717) is 5.92 Å². The smallest absolute Gasteiger partial charge is 0.0514 e. The van der Waals surface area contributed by atoms with Gasteiger partial charge in [-0.05, 0) is 19.3 Å². The maximum atomic E-state index is 8.85. The normalized spacial score (nSPS) is 18.0. The molecule has 0 aliphatic carbocycles. The van der Waals surface area contributed by atoms with Crippen molar-refractivity contribution in [2.75, 3.05) is 0 Å². The lowest BCUT2D eigenvalue weighted by molar-refractivity contribution is 0.163. The summed E-state index contributed by atoms with van der Waals surface area (Å²) in [5.74, 6) is 0.676. The molecule has 0 amide bonds. The van der Waals surface area contributed by atoms with Gasteiger partial charge in [0.05, 0.1) is 6.10 Å². The Bertz CT molecular complexity index is 50.3. The molecular formula is C7H16O. The molecule has 0 radical (unpaired) electrons. The maximum Gasteiger partial charge on any atom is 0.0514 e. The first-order chi connectivity index (χ1) is 3.66. The Morgan fingerprint density at radius 1 is 1.38 bits per heavy atom.